The number of rotatable bonds is 2. The Bertz CT molecular complexity index is 327. The van der Waals surface area contributed by atoms with Crippen LogP contribution in [0.5, 0.6) is 0 Å². The van der Waals surface area contributed by atoms with Crippen molar-refractivity contribution in [3.05, 3.63) is 41.7 Å². The summed E-state index contributed by atoms with van der Waals surface area (Å²) in [6.45, 7) is 0. The molecule has 0 saturated heterocycles. The predicted molar refractivity (Wildman–Crippen MR) is 42.4 cm³/mol. The van der Waals surface area contributed by atoms with Crippen molar-refractivity contribution in [1.82, 2.24) is 20.6 Å². The highest BCUT2D eigenvalue weighted by atomic mass is 15.5. The number of hydrogen-bond acceptors (Lipinski definition) is 3. The molecule has 1 aromatic carbocycles. The topological polar surface area (TPSA) is 52.8 Å². The van der Waals surface area contributed by atoms with E-state index in [0.717, 1.165) is 0 Å². The minimum absolute atomic E-state index is 0.668. The zero-order valence-corrected chi connectivity index (χ0v) is 6.38. The molecule has 4 nitrogen and oxygen atoms in total. The Morgan fingerprint density at radius 3 is 2.67 bits per heavy atom. The fourth-order valence-corrected chi connectivity index (χ4v) is 1.01. The molecule has 12 heavy (non-hydrogen) atoms. The average molecular weight is 159 g/mol. The number of nitrogens with zero attached hydrogens (tertiary/aromatic N) is 4. The first-order chi connectivity index (χ1) is 5.95. The van der Waals surface area contributed by atoms with Crippen LogP contribution in [0.4, 0.5) is 0 Å². The molecular formula is C8H7N4-. The largest absolute Gasteiger partial charge is 0.335 e. The Labute approximate surface area is 69.6 Å². The summed E-state index contributed by atoms with van der Waals surface area (Å²) in [4.78, 5) is 0. The van der Waals surface area contributed by atoms with Crippen LogP contribution in [0.15, 0.2) is 30.3 Å². The molecule has 0 unspecified atom stereocenters. The van der Waals surface area contributed by atoms with Crippen LogP contribution in [0.25, 0.3) is 0 Å². The first kappa shape index (κ1) is 6.97. The summed E-state index contributed by atoms with van der Waals surface area (Å²) in [5, 5.41) is 14.3. The van der Waals surface area contributed by atoms with Crippen LogP contribution in [0, 0.1) is 0 Å². The molecule has 0 aliphatic carbocycles. The van der Waals surface area contributed by atoms with E-state index in [1.165, 1.54) is 5.56 Å². The second-order valence-electron chi connectivity index (χ2n) is 2.46. The zero-order chi connectivity index (χ0) is 8.23. The summed E-state index contributed by atoms with van der Waals surface area (Å²) in [6, 6.07) is 10.00. The number of aromatic nitrogens is 4. The molecule has 2 aromatic rings. The molecule has 0 amide bonds. The first-order valence-electron chi connectivity index (χ1n) is 3.67. The molecule has 0 saturated carbocycles. The first-order valence-corrected chi connectivity index (χ1v) is 3.67. The third kappa shape index (κ3) is 1.47. The van der Waals surface area contributed by atoms with Gasteiger partial charge in [-0.2, -0.15) is 5.21 Å². The molecule has 1 aromatic heterocycles. The normalized spacial score (nSPS) is 10.0. The van der Waals surface area contributed by atoms with Crippen molar-refractivity contribution in [3.63, 3.8) is 0 Å². The van der Waals surface area contributed by atoms with Gasteiger partial charge in [-0.05, 0) is 5.56 Å². The Hall–Kier alpha value is -1.71. The molecule has 0 radical (unpaired) electrons. The van der Waals surface area contributed by atoms with Crippen molar-refractivity contribution >= 4 is 0 Å². The lowest BCUT2D eigenvalue weighted by Crippen LogP contribution is -1.91. The van der Waals surface area contributed by atoms with Gasteiger partial charge in [-0.25, -0.2) is 0 Å². The summed E-state index contributed by atoms with van der Waals surface area (Å²) >= 11 is 0. The molecule has 4 heteroatoms. The Balaban J connectivity index is 2.15. The van der Waals surface area contributed by atoms with E-state index >= 15 is 0 Å². The van der Waals surface area contributed by atoms with E-state index in [0.29, 0.717) is 12.2 Å². The van der Waals surface area contributed by atoms with Gasteiger partial charge in [-0.15, -0.1) is 0 Å². The maximum atomic E-state index is 3.74. The molecule has 0 N–H and O–H groups in total. The maximum absolute atomic E-state index is 3.74. The average Bonchev–Trinajstić information content (AvgIpc) is 2.59. The summed E-state index contributed by atoms with van der Waals surface area (Å²) in [5.41, 5.74) is 1.17. The van der Waals surface area contributed by atoms with Gasteiger partial charge in [0.05, 0.1) is 0 Å². The number of tetrazole rings is 1. The molecule has 0 aliphatic rings. The molecule has 1 heterocycles. The number of benzene rings is 1. The monoisotopic (exact) mass is 159 g/mol. The minimum Gasteiger partial charge on any atom is -0.335 e. The van der Waals surface area contributed by atoms with Gasteiger partial charge >= 0.3 is 0 Å². The van der Waals surface area contributed by atoms with Gasteiger partial charge in [-0.1, -0.05) is 30.3 Å². The molecule has 0 spiro atoms. The van der Waals surface area contributed by atoms with E-state index in [-0.39, 0.29) is 0 Å². The second-order valence-corrected chi connectivity index (χ2v) is 2.46. The van der Waals surface area contributed by atoms with Crippen molar-refractivity contribution < 1.29 is 0 Å². The lowest BCUT2D eigenvalue weighted by Gasteiger charge is -1.98. The fourth-order valence-electron chi connectivity index (χ4n) is 1.01. The second kappa shape index (κ2) is 3.13. The lowest BCUT2D eigenvalue weighted by molar-refractivity contribution is 0.871. The maximum Gasteiger partial charge on any atom is 0.0143 e. The quantitative estimate of drug-likeness (QED) is 0.637. The smallest absolute Gasteiger partial charge is 0.0143 e. The third-order valence-corrected chi connectivity index (χ3v) is 1.57. The summed E-state index contributed by atoms with van der Waals surface area (Å²) < 4.78 is 0. The molecule has 2 rings (SSSR count). The third-order valence-electron chi connectivity index (χ3n) is 1.57. The summed E-state index contributed by atoms with van der Waals surface area (Å²) in [6.07, 6.45) is 0.702. The van der Waals surface area contributed by atoms with Gasteiger partial charge < -0.3 is 5.10 Å². The molecule has 0 atom stereocenters. The molecule has 60 valence electrons. The van der Waals surface area contributed by atoms with Crippen LogP contribution in [0.2, 0.25) is 0 Å². The summed E-state index contributed by atoms with van der Waals surface area (Å²) in [7, 11) is 0. The lowest BCUT2D eigenvalue weighted by atomic mass is 10.1. The van der Waals surface area contributed by atoms with E-state index in [4.69, 9.17) is 0 Å². The van der Waals surface area contributed by atoms with Gasteiger partial charge in [0.1, 0.15) is 0 Å². The van der Waals surface area contributed by atoms with Crippen molar-refractivity contribution in [1.29, 1.82) is 0 Å². The van der Waals surface area contributed by atoms with Gasteiger partial charge in [0, 0.05) is 12.2 Å². The molecule has 0 fully saturated rings. The van der Waals surface area contributed by atoms with E-state index < -0.39 is 0 Å². The van der Waals surface area contributed by atoms with Crippen molar-refractivity contribution in [2.75, 3.05) is 0 Å². The van der Waals surface area contributed by atoms with Crippen LogP contribution >= 0.6 is 0 Å². The zero-order valence-electron chi connectivity index (χ0n) is 6.38. The van der Waals surface area contributed by atoms with Gasteiger partial charge in [0.25, 0.3) is 0 Å². The fraction of sp³-hybridized carbons (Fsp3) is 0.125. The predicted octanol–water partition coefficient (Wildman–Crippen LogP) is 0.420. The van der Waals surface area contributed by atoms with E-state index in [1.807, 2.05) is 30.3 Å². The molecule has 0 bridgehead atoms. The van der Waals surface area contributed by atoms with E-state index in [9.17, 15) is 0 Å². The van der Waals surface area contributed by atoms with Crippen LogP contribution < -0.4 is 5.10 Å². The summed E-state index contributed by atoms with van der Waals surface area (Å²) in [5.74, 6) is 0.668. The van der Waals surface area contributed by atoms with E-state index in [2.05, 4.69) is 20.6 Å². The Kier molecular flexibility index (Phi) is 1.82. The van der Waals surface area contributed by atoms with Crippen LogP contribution in [-0.2, 0) is 6.42 Å². The van der Waals surface area contributed by atoms with Crippen molar-refractivity contribution in [3.8, 4) is 0 Å². The number of hydrogen-bond donors (Lipinski definition) is 0. The highest BCUT2D eigenvalue weighted by Crippen LogP contribution is 2.02. The van der Waals surface area contributed by atoms with Crippen molar-refractivity contribution in [2.24, 2.45) is 0 Å². The van der Waals surface area contributed by atoms with Gasteiger partial charge in [0.15, 0.2) is 0 Å². The Morgan fingerprint density at radius 1 is 1.17 bits per heavy atom. The van der Waals surface area contributed by atoms with Crippen LogP contribution in [0.1, 0.15) is 11.4 Å². The van der Waals surface area contributed by atoms with Gasteiger partial charge in [0.2, 0.25) is 0 Å². The molecule has 0 aliphatic heterocycles. The van der Waals surface area contributed by atoms with Crippen LogP contribution in [-0.4, -0.2) is 15.5 Å². The highest BCUT2D eigenvalue weighted by Gasteiger charge is 1.91. The van der Waals surface area contributed by atoms with E-state index in [1.54, 1.807) is 0 Å². The minimum atomic E-state index is 0.668. The highest BCUT2D eigenvalue weighted by molar-refractivity contribution is 5.17. The van der Waals surface area contributed by atoms with Gasteiger partial charge in [-0.3, -0.25) is 10.3 Å². The van der Waals surface area contributed by atoms with Crippen molar-refractivity contribution in [2.45, 2.75) is 6.42 Å². The standard InChI is InChI=1S/C8H7N4/c1-2-4-7(5-3-1)6-8-9-11-12-10-8/h1-5H,6H2/q-1. The van der Waals surface area contributed by atoms with Crippen LogP contribution in [0.3, 0.4) is 0 Å². The molecular weight excluding hydrogens is 152 g/mol. The SMILES string of the molecule is c1ccc(Cc2nnn[n-]2)cc1. The Morgan fingerprint density at radius 2 is 2.00 bits per heavy atom.